The molecule has 0 spiro atoms. The van der Waals surface area contributed by atoms with E-state index in [4.69, 9.17) is 0 Å². The molecule has 3 aromatic carbocycles. The van der Waals surface area contributed by atoms with Gasteiger partial charge in [0.2, 0.25) is 34.8 Å². The second kappa shape index (κ2) is 7.62. The number of carbonyl (C=O) groups excluding carboxylic acids is 3. The number of hydrogen-bond donors (Lipinski definition) is 0. The summed E-state index contributed by atoms with van der Waals surface area (Å²) in [5, 5.41) is 11.5. The first-order valence-electron chi connectivity index (χ1n) is 8.82. The van der Waals surface area contributed by atoms with Crippen molar-refractivity contribution < 1.29 is 46.0 Å². The first kappa shape index (κ1) is 21.8. The van der Waals surface area contributed by atoms with E-state index in [0.717, 1.165) is 12.1 Å². The minimum atomic E-state index is -2.47. The number of amides is 2. The highest BCUT2D eigenvalue weighted by Crippen LogP contribution is 2.34. The molecule has 0 fully saturated rings. The molecule has 0 unspecified atom stereocenters. The van der Waals surface area contributed by atoms with Crippen molar-refractivity contribution in [2.45, 2.75) is 0 Å². The van der Waals surface area contributed by atoms with E-state index in [9.17, 15) is 46.5 Å². The van der Waals surface area contributed by atoms with Crippen LogP contribution in [0.1, 0.15) is 20.7 Å². The van der Waals surface area contributed by atoms with E-state index in [-0.39, 0.29) is 26.8 Å². The van der Waals surface area contributed by atoms with Crippen LogP contribution in [-0.4, -0.2) is 34.2 Å². The minimum absolute atomic E-state index is 0.0856. The van der Waals surface area contributed by atoms with Crippen LogP contribution >= 0.6 is 0 Å². The number of ether oxygens (including phenoxy) is 1. The largest absolute Gasteiger partial charge is 0.419 e. The van der Waals surface area contributed by atoms with Crippen LogP contribution < -0.4 is 4.74 Å². The number of halogens is 5. The first-order valence-corrected chi connectivity index (χ1v) is 8.82. The topological polar surface area (TPSA) is 107 Å². The van der Waals surface area contributed by atoms with E-state index in [2.05, 4.69) is 4.74 Å². The molecule has 13 heteroatoms. The van der Waals surface area contributed by atoms with Gasteiger partial charge < -0.3 is 4.74 Å². The van der Waals surface area contributed by atoms with Crippen LogP contribution in [0.15, 0.2) is 30.3 Å². The fraction of sp³-hybridized carbons (Fsp3) is 0.0500. The standard InChI is InChI=1S/C20H7F5N2O6/c21-13-14(22)16(24)18(17(25)15(13)23)33-11(28)6-26-19(29)9-3-1-2-7-4-8(27(31)32)5-10(12(7)9)20(26)30/h1-5H,6H2. The van der Waals surface area contributed by atoms with E-state index in [1.165, 1.54) is 18.2 Å². The van der Waals surface area contributed by atoms with E-state index in [1.807, 2.05) is 0 Å². The number of rotatable bonds is 4. The van der Waals surface area contributed by atoms with E-state index in [1.54, 1.807) is 0 Å². The Morgan fingerprint density at radius 2 is 1.48 bits per heavy atom. The van der Waals surface area contributed by atoms with Gasteiger partial charge in [0.05, 0.1) is 10.5 Å². The van der Waals surface area contributed by atoms with Crippen molar-refractivity contribution in [3.05, 3.63) is 80.7 Å². The average Bonchev–Trinajstić information content (AvgIpc) is 2.79. The van der Waals surface area contributed by atoms with Crippen molar-refractivity contribution in [1.82, 2.24) is 4.90 Å². The molecule has 1 aliphatic rings. The van der Waals surface area contributed by atoms with Gasteiger partial charge in [0.15, 0.2) is 0 Å². The quantitative estimate of drug-likeness (QED) is 0.0850. The smallest absolute Gasteiger partial charge is 0.331 e. The summed E-state index contributed by atoms with van der Waals surface area (Å²) < 4.78 is 71.5. The second-order valence-electron chi connectivity index (χ2n) is 6.72. The van der Waals surface area contributed by atoms with Crippen LogP contribution in [0.4, 0.5) is 27.6 Å². The lowest BCUT2D eigenvalue weighted by Gasteiger charge is -2.26. The third kappa shape index (κ3) is 3.33. The van der Waals surface area contributed by atoms with Gasteiger partial charge in [0.25, 0.3) is 17.5 Å². The Labute approximate surface area is 178 Å². The van der Waals surface area contributed by atoms with Crippen LogP contribution in [0.5, 0.6) is 5.75 Å². The lowest BCUT2D eigenvalue weighted by Crippen LogP contribution is -2.44. The van der Waals surface area contributed by atoms with Crippen molar-refractivity contribution in [2.24, 2.45) is 0 Å². The summed E-state index contributed by atoms with van der Waals surface area (Å²) >= 11 is 0. The Hall–Kier alpha value is -4.42. The molecule has 2 amide bonds. The number of non-ortho nitro benzene ring substituents is 1. The Kier molecular flexibility index (Phi) is 5.03. The highest BCUT2D eigenvalue weighted by atomic mass is 19.2. The van der Waals surface area contributed by atoms with Gasteiger partial charge in [0, 0.05) is 23.1 Å². The lowest BCUT2D eigenvalue weighted by molar-refractivity contribution is -0.384. The molecule has 0 N–H and O–H groups in total. The lowest BCUT2D eigenvalue weighted by atomic mass is 9.93. The van der Waals surface area contributed by atoms with Gasteiger partial charge in [-0.15, -0.1) is 0 Å². The average molecular weight is 466 g/mol. The number of imide groups is 1. The summed E-state index contributed by atoms with van der Waals surface area (Å²) in [6, 6.07) is 6.07. The van der Waals surface area contributed by atoms with Crippen LogP contribution in [0, 0.1) is 39.2 Å². The predicted molar refractivity (Wildman–Crippen MR) is 97.8 cm³/mol. The maximum Gasteiger partial charge on any atom is 0.331 e. The number of esters is 1. The van der Waals surface area contributed by atoms with E-state index in [0.29, 0.717) is 0 Å². The molecule has 1 heterocycles. The van der Waals surface area contributed by atoms with Crippen molar-refractivity contribution in [1.29, 1.82) is 0 Å². The highest BCUT2D eigenvalue weighted by Gasteiger charge is 2.37. The Morgan fingerprint density at radius 1 is 0.909 bits per heavy atom. The Bertz CT molecular complexity index is 1400. The van der Waals surface area contributed by atoms with Crippen LogP contribution in [0.25, 0.3) is 10.8 Å². The minimum Gasteiger partial charge on any atom is -0.419 e. The van der Waals surface area contributed by atoms with Crippen molar-refractivity contribution in [2.75, 3.05) is 6.54 Å². The van der Waals surface area contributed by atoms with Gasteiger partial charge in [-0.3, -0.25) is 24.6 Å². The zero-order valence-corrected chi connectivity index (χ0v) is 15.8. The molecule has 0 bridgehead atoms. The van der Waals surface area contributed by atoms with Crippen LogP contribution in [0.2, 0.25) is 0 Å². The fourth-order valence-electron chi connectivity index (χ4n) is 3.34. The summed E-state index contributed by atoms with van der Waals surface area (Å²) in [4.78, 5) is 48.4. The normalized spacial score (nSPS) is 12.9. The fourth-order valence-corrected chi connectivity index (χ4v) is 3.34. The molecule has 0 aliphatic carbocycles. The molecule has 0 saturated carbocycles. The maximum absolute atomic E-state index is 13.8. The van der Waals surface area contributed by atoms with Crippen molar-refractivity contribution in [3.63, 3.8) is 0 Å². The summed E-state index contributed by atoms with van der Waals surface area (Å²) in [7, 11) is 0. The summed E-state index contributed by atoms with van der Waals surface area (Å²) in [6.07, 6.45) is 0. The number of carbonyl (C=O) groups is 3. The second-order valence-corrected chi connectivity index (χ2v) is 6.72. The predicted octanol–water partition coefficient (Wildman–Crippen LogP) is 3.65. The van der Waals surface area contributed by atoms with Gasteiger partial charge in [-0.25, -0.2) is 18.0 Å². The van der Waals surface area contributed by atoms with Gasteiger partial charge in [-0.2, -0.15) is 8.78 Å². The summed E-state index contributed by atoms with van der Waals surface area (Å²) in [6.45, 7) is -1.28. The first-order chi connectivity index (χ1) is 15.5. The van der Waals surface area contributed by atoms with Gasteiger partial charge in [-0.05, 0) is 11.5 Å². The van der Waals surface area contributed by atoms with Crippen LogP contribution in [-0.2, 0) is 4.79 Å². The van der Waals surface area contributed by atoms with Crippen molar-refractivity contribution >= 4 is 34.2 Å². The zero-order chi connectivity index (χ0) is 24.2. The number of hydrogen-bond acceptors (Lipinski definition) is 6. The SMILES string of the molecule is O=C(CN1C(=O)c2cccc3cc([N+](=O)[O-])cc(c23)C1=O)Oc1c(F)c(F)c(F)c(F)c1F. The molecule has 0 atom stereocenters. The molecule has 168 valence electrons. The number of nitro benzene ring substituents is 1. The van der Waals surface area contributed by atoms with Gasteiger partial charge in [-0.1, -0.05) is 12.1 Å². The van der Waals surface area contributed by atoms with E-state index < -0.39 is 69.8 Å². The number of benzene rings is 3. The third-order valence-corrected chi connectivity index (χ3v) is 4.80. The van der Waals surface area contributed by atoms with Crippen molar-refractivity contribution in [3.8, 4) is 5.75 Å². The van der Waals surface area contributed by atoms with E-state index >= 15 is 0 Å². The number of nitro groups is 1. The number of nitrogens with zero attached hydrogens (tertiary/aromatic N) is 2. The summed E-state index contributed by atoms with van der Waals surface area (Å²) in [5.41, 5.74) is -0.902. The zero-order valence-electron chi connectivity index (χ0n) is 15.8. The highest BCUT2D eigenvalue weighted by molar-refractivity contribution is 6.26. The molecule has 3 aromatic rings. The molecular weight excluding hydrogens is 459 g/mol. The van der Waals surface area contributed by atoms with Crippen LogP contribution in [0.3, 0.4) is 0 Å². The molecule has 1 aliphatic heterocycles. The van der Waals surface area contributed by atoms with Gasteiger partial charge in [0.1, 0.15) is 6.54 Å². The molecule has 0 aromatic heterocycles. The monoisotopic (exact) mass is 466 g/mol. The molecule has 33 heavy (non-hydrogen) atoms. The Balaban J connectivity index is 1.70. The molecule has 0 radical (unpaired) electrons. The molecule has 8 nitrogen and oxygen atoms in total. The molecule has 0 saturated heterocycles. The third-order valence-electron chi connectivity index (χ3n) is 4.80. The molecule has 4 rings (SSSR count). The maximum atomic E-state index is 13.8. The summed E-state index contributed by atoms with van der Waals surface area (Å²) in [5.74, 6) is -17.9. The molecular formula is C20H7F5N2O6. The Morgan fingerprint density at radius 3 is 2.09 bits per heavy atom. The van der Waals surface area contributed by atoms with Gasteiger partial charge >= 0.3 is 5.97 Å².